The van der Waals surface area contributed by atoms with Gasteiger partial charge < -0.3 is 14.7 Å². The van der Waals surface area contributed by atoms with Crippen molar-refractivity contribution in [3.63, 3.8) is 0 Å². The Hall–Kier alpha value is -4.16. The average Bonchev–Trinajstić information content (AvgIpc) is 3.23. The molecule has 5 rings (SSSR count). The van der Waals surface area contributed by atoms with Crippen LogP contribution in [-0.2, 0) is 19.7 Å². The summed E-state index contributed by atoms with van der Waals surface area (Å²) < 4.78 is 6.02. The van der Waals surface area contributed by atoms with Crippen molar-refractivity contribution in [1.29, 1.82) is 0 Å². The topological polar surface area (TPSA) is 79.7 Å². The fourth-order valence-corrected chi connectivity index (χ4v) is 4.34. The lowest BCUT2D eigenvalue weighted by molar-refractivity contribution is 0.0696. The maximum atomic E-state index is 12.8. The van der Waals surface area contributed by atoms with Crippen molar-refractivity contribution in [2.45, 2.75) is 33.5 Å². The first kappa shape index (κ1) is 25.9. The Balaban J connectivity index is 0.00000156. The summed E-state index contributed by atoms with van der Waals surface area (Å²) in [5, 5.41) is 9.55. The van der Waals surface area contributed by atoms with Crippen molar-refractivity contribution >= 4 is 23.5 Å². The van der Waals surface area contributed by atoms with Crippen LogP contribution in [0.3, 0.4) is 0 Å². The molecule has 0 radical (unpaired) electrons. The molecule has 7 heteroatoms. The number of aromatic nitrogens is 1. The summed E-state index contributed by atoms with van der Waals surface area (Å²) in [5.74, 6) is -0.389. The molecule has 1 aliphatic heterocycles. The number of rotatable bonds is 7. The number of carbonyl (C=O) groups excluding carboxylic acids is 1. The number of pyridine rings is 1. The van der Waals surface area contributed by atoms with Gasteiger partial charge in [-0.15, -0.1) is 0 Å². The van der Waals surface area contributed by atoms with Gasteiger partial charge in [0.15, 0.2) is 0 Å². The number of benzene rings is 3. The molecular formula is C30H27ClN2O4. The highest BCUT2D eigenvalue weighted by atomic mass is 35.5. The lowest BCUT2D eigenvalue weighted by atomic mass is 10.0. The van der Waals surface area contributed by atoms with Gasteiger partial charge in [-0.1, -0.05) is 55.8 Å². The smallest absolute Gasteiger partial charge is 0.337 e. The first-order valence-corrected chi connectivity index (χ1v) is 12.4. The largest absolute Gasteiger partial charge is 0.489 e. The number of amides is 1. The zero-order valence-corrected chi connectivity index (χ0v) is 21.4. The minimum absolute atomic E-state index is 0.00593. The van der Waals surface area contributed by atoms with Gasteiger partial charge >= 0.3 is 5.97 Å². The molecule has 0 bridgehead atoms. The Labute approximate surface area is 221 Å². The van der Waals surface area contributed by atoms with Gasteiger partial charge in [0.05, 0.1) is 22.8 Å². The van der Waals surface area contributed by atoms with E-state index < -0.39 is 5.97 Å². The van der Waals surface area contributed by atoms with E-state index >= 15 is 0 Å². The number of carboxylic acids is 1. The molecule has 2 heterocycles. The van der Waals surface area contributed by atoms with Crippen LogP contribution in [0.4, 0.5) is 0 Å². The van der Waals surface area contributed by atoms with Crippen LogP contribution in [0.2, 0.25) is 5.02 Å². The third-order valence-electron chi connectivity index (χ3n) is 5.90. The van der Waals surface area contributed by atoms with Crippen molar-refractivity contribution in [2.24, 2.45) is 0 Å². The van der Waals surface area contributed by atoms with Crippen LogP contribution in [0.1, 0.15) is 51.4 Å². The van der Waals surface area contributed by atoms with Crippen molar-refractivity contribution < 1.29 is 19.4 Å². The number of carboxylic acid groups (broad SMARTS) is 1. The number of fused-ring (bicyclic) bond motifs is 1. The van der Waals surface area contributed by atoms with Crippen molar-refractivity contribution in [2.75, 3.05) is 0 Å². The second-order valence-electron chi connectivity index (χ2n) is 8.29. The Morgan fingerprint density at radius 1 is 1.00 bits per heavy atom. The molecular weight excluding hydrogens is 488 g/mol. The predicted molar refractivity (Wildman–Crippen MR) is 144 cm³/mol. The fraction of sp³-hybridized carbons (Fsp3) is 0.167. The summed E-state index contributed by atoms with van der Waals surface area (Å²) in [7, 11) is 0. The maximum Gasteiger partial charge on any atom is 0.337 e. The van der Waals surface area contributed by atoms with Crippen LogP contribution in [0, 0.1) is 0 Å². The zero-order valence-electron chi connectivity index (χ0n) is 20.6. The van der Waals surface area contributed by atoms with E-state index in [1.165, 1.54) is 0 Å². The molecule has 0 atom stereocenters. The fourth-order valence-electron chi connectivity index (χ4n) is 4.14. The SMILES string of the molecule is CC.O=C(O)c1cc(-c2cccc(COc3ccc4c(c3)CN(Cc3ccccn3)C4=O)c2)ccc1Cl. The number of halogens is 1. The van der Waals surface area contributed by atoms with E-state index in [-0.39, 0.29) is 16.5 Å². The number of hydrogen-bond acceptors (Lipinski definition) is 4. The summed E-state index contributed by atoms with van der Waals surface area (Å²) in [6.07, 6.45) is 1.72. The third-order valence-corrected chi connectivity index (χ3v) is 6.23. The van der Waals surface area contributed by atoms with Gasteiger partial charge in [-0.25, -0.2) is 4.79 Å². The van der Waals surface area contributed by atoms with Crippen molar-refractivity contribution in [3.8, 4) is 16.9 Å². The highest BCUT2D eigenvalue weighted by Gasteiger charge is 2.27. The van der Waals surface area contributed by atoms with Gasteiger partial charge in [0, 0.05) is 18.3 Å². The summed E-state index contributed by atoms with van der Waals surface area (Å²) >= 11 is 6.00. The zero-order chi connectivity index (χ0) is 26.4. The summed E-state index contributed by atoms with van der Waals surface area (Å²) in [5.41, 5.74) is 5.10. The molecule has 4 aromatic rings. The highest BCUT2D eigenvalue weighted by molar-refractivity contribution is 6.33. The summed E-state index contributed by atoms with van der Waals surface area (Å²) in [6.45, 7) is 5.31. The minimum atomic E-state index is -1.06. The third kappa shape index (κ3) is 5.98. The highest BCUT2D eigenvalue weighted by Crippen LogP contribution is 2.29. The van der Waals surface area contributed by atoms with E-state index in [9.17, 15) is 14.7 Å². The lowest BCUT2D eigenvalue weighted by Gasteiger charge is -2.14. The lowest BCUT2D eigenvalue weighted by Crippen LogP contribution is -2.23. The first-order valence-electron chi connectivity index (χ1n) is 12.0. The van der Waals surface area contributed by atoms with Gasteiger partial charge in [-0.05, 0) is 70.8 Å². The molecule has 1 amide bonds. The molecule has 37 heavy (non-hydrogen) atoms. The Morgan fingerprint density at radius 2 is 1.81 bits per heavy atom. The van der Waals surface area contributed by atoms with E-state index in [4.69, 9.17) is 16.3 Å². The number of nitrogens with zero attached hydrogens (tertiary/aromatic N) is 2. The molecule has 3 aromatic carbocycles. The van der Waals surface area contributed by atoms with E-state index in [1.54, 1.807) is 29.3 Å². The number of hydrogen-bond donors (Lipinski definition) is 1. The van der Waals surface area contributed by atoms with Crippen LogP contribution in [0.15, 0.2) is 85.1 Å². The molecule has 0 saturated carbocycles. The molecule has 188 valence electrons. The first-order chi connectivity index (χ1) is 18.0. The monoisotopic (exact) mass is 514 g/mol. The predicted octanol–water partition coefficient (Wildman–Crippen LogP) is 6.86. The molecule has 0 unspecified atom stereocenters. The number of carbonyl (C=O) groups is 2. The molecule has 0 aliphatic carbocycles. The molecule has 1 aliphatic rings. The van der Waals surface area contributed by atoms with Crippen LogP contribution >= 0.6 is 11.6 Å². The van der Waals surface area contributed by atoms with E-state index in [1.807, 2.05) is 74.5 Å². The van der Waals surface area contributed by atoms with Crippen LogP contribution in [0.25, 0.3) is 11.1 Å². The van der Waals surface area contributed by atoms with Crippen molar-refractivity contribution in [1.82, 2.24) is 9.88 Å². The van der Waals surface area contributed by atoms with Gasteiger partial charge in [0.25, 0.3) is 5.91 Å². The standard InChI is InChI=1S/C28H21ClN2O4.C2H6/c29-26-10-7-20(14-25(26)28(33)34)19-5-3-4-18(12-19)17-35-23-8-9-24-21(13-23)15-31(27(24)32)16-22-6-1-2-11-30-22;1-2/h1-14H,15-17H2,(H,33,34);1-2H3. The average molecular weight is 515 g/mol. The van der Waals surface area contributed by atoms with E-state index in [2.05, 4.69) is 4.98 Å². The normalized spacial score (nSPS) is 12.0. The number of aromatic carboxylic acids is 1. The minimum Gasteiger partial charge on any atom is -0.489 e. The molecule has 1 N–H and O–H groups in total. The molecule has 6 nitrogen and oxygen atoms in total. The van der Waals surface area contributed by atoms with Crippen LogP contribution in [0.5, 0.6) is 5.75 Å². The maximum absolute atomic E-state index is 12.8. The second kappa shape index (κ2) is 11.7. The van der Waals surface area contributed by atoms with Gasteiger partial charge in [-0.2, -0.15) is 0 Å². The van der Waals surface area contributed by atoms with E-state index in [0.717, 1.165) is 27.9 Å². The van der Waals surface area contributed by atoms with Gasteiger partial charge in [0.2, 0.25) is 0 Å². The molecule has 0 spiro atoms. The molecule has 0 fully saturated rings. The second-order valence-corrected chi connectivity index (χ2v) is 8.70. The summed E-state index contributed by atoms with van der Waals surface area (Å²) in [4.78, 5) is 30.3. The van der Waals surface area contributed by atoms with E-state index in [0.29, 0.717) is 31.0 Å². The van der Waals surface area contributed by atoms with Crippen LogP contribution in [-0.4, -0.2) is 26.9 Å². The molecule has 0 saturated heterocycles. The van der Waals surface area contributed by atoms with Crippen LogP contribution < -0.4 is 4.74 Å². The van der Waals surface area contributed by atoms with Gasteiger partial charge in [0.1, 0.15) is 12.4 Å². The Bertz CT molecular complexity index is 1420. The Kier molecular flexibility index (Phi) is 8.21. The quantitative estimate of drug-likeness (QED) is 0.291. The molecule has 1 aromatic heterocycles. The number of ether oxygens (including phenoxy) is 1. The van der Waals surface area contributed by atoms with Crippen molar-refractivity contribution in [3.05, 3.63) is 118 Å². The van der Waals surface area contributed by atoms with Gasteiger partial charge in [-0.3, -0.25) is 9.78 Å². The summed E-state index contributed by atoms with van der Waals surface area (Å²) in [6, 6.07) is 23.9. The Morgan fingerprint density at radius 3 is 2.57 bits per heavy atom.